The van der Waals surface area contributed by atoms with Crippen LogP contribution in [0.1, 0.15) is 33.6 Å². The van der Waals surface area contributed by atoms with Crippen LogP contribution >= 0.6 is 11.5 Å². The van der Waals surface area contributed by atoms with Gasteiger partial charge in [-0.2, -0.15) is 4.37 Å². The van der Waals surface area contributed by atoms with Crippen molar-refractivity contribution in [1.82, 2.24) is 4.37 Å². The van der Waals surface area contributed by atoms with Crippen LogP contribution in [-0.4, -0.2) is 28.3 Å². The SMILES string of the molecule is CCCC(=O)Nc1cc(N(CC)CC)ccc1/N=N/c1snc2ccc([N+](=O)[O-])cc12. The van der Waals surface area contributed by atoms with E-state index in [0.29, 0.717) is 33.7 Å². The lowest BCUT2D eigenvalue weighted by Crippen LogP contribution is -2.22. The summed E-state index contributed by atoms with van der Waals surface area (Å²) in [6.45, 7) is 7.76. The molecule has 0 aliphatic carbocycles. The van der Waals surface area contributed by atoms with Gasteiger partial charge in [0.2, 0.25) is 5.91 Å². The first-order chi connectivity index (χ1) is 15.0. The second kappa shape index (κ2) is 10.1. The molecule has 0 fully saturated rings. The number of fused-ring (bicyclic) bond motifs is 1. The van der Waals surface area contributed by atoms with Gasteiger partial charge in [-0.1, -0.05) is 6.92 Å². The third kappa shape index (κ3) is 5.21. The standard InChI is InChI=1S/C21H24N6O3S/c1-4-7-20(28)22-19-13-14(26(5-2)6-3)8-11-18(19)23-24-21-16-12-15(27(29)30)9-10-17(16)25-31-21/h8-13H,4-7H2,1-3H3,(H,22,28)/b24-23+. The van der Waals surface area contributed by atoms with Crippen molar-refractivity contribution in [3.05, 3.63) is 46.5 Å². The van der Waals surface area contributed by atoms with Crippen molar-refractivity contribution in [3.63, 3.8) is 0 Å². The number of nitrogens with one attached hydrogen (secondary N) is 1. The average molecular weight is 441 g/mol. The van der Waals surface area contributed by atoms with Crippen molar-refractivity contribution in [3.8, 4) is 0 Å². The van der Waals surface area contributed by atoms with Gasteiger partial charge in [-0.05, 0) is 56.1 Å². The number of non-ortho nitro benzene ring substituents is 1. The first kappa shape index (κ1) is 22.3. The molecule has 1 N–H and O–H groups in total. The smallest absolute Gasteiger partial charge is 0.270 e. The van der Waals surface area contributed by atoms with Crippen LogP contribution in [0.3, 0.4) is 0 Å². The van der Waals surface area contributed by atoms with Crippen LogP contribution in [0.5, 0.6) is 0 Å². The summed E-state index contributed by atoms with van der Waals surface area (Å²) in [4.78, 5) is 25.0. The molecule has 1 aromatic heterocycles. The molecule has 0 aliphatic heterocycles. The van der Waals surface area contributed by atoms with E-state index < -0.39 is 4.92 Å². The van der Waals surface area contributed by atoms with Crippen LogP contribution in [0.4, 0.5) is 27.8 Å². The highest BCUT2D eigenvalue weighted by Gasteiger charge is 2.13. The van der Waals surface area contributed by atoms with E-state index >= 15 is 0 Å². The summed E-state index contributed by atoms with van der Waals surface area (Å²) >= 11 is 1.12. The minimum Gasteiger partial charge on any atom is -0.372 e. The van der Waals surface area contributed by atoms with Crippen molar-refractivity contribution < 1.29 is 9.72 Å². The predicted octanol–water partition coefficient (Wildman–Crippen LogP) is 6.20. The zero-order chi connectivity index (χ0) is 22.4. The average Bonchev–Trinajstić information content (AvgIpc) is 3.16. The molecule has 10 heteroatoms. The number of nitrogens with zero attached hydrogens (tertiary/aromatic N) is 5. The number of anilines is 2. The van der Waals surface area contributed by atoms with Crippen molar-refractivity contribution in [1.29, 1.82) is 0 Å². The Hall–Kier alpha value is -3.40. The van der Waals surface area contributed by atoms with Gasteiger partial charge in [0.05, 0.1) is 16.1 Å². The number of hydrogen-bond donors (Lipinski definition) is 1. The molecule has 3 rings (SSSR count). The normalized spacial score (nSPS) is 11.2. The van der Waals surface area contributed by atoms with E-state index in [-0.39, 0.29) is 11.6 Å². The number of aromatic nitrogens is 1. The fraction of sp³-hybridized carbons (Fsp3) is 0.333. The zero-order valence-electron chi connectivity index (χ0n) is 17.7. The van der Waals surface area contributed by atoms with E-state index in [4.69, 9.17) is 0 Å². The number of carbonyl (C=O) groups is 1. The second-order valence-corrected chi connectivity index (χ2v) is 7.57. The summed E-state index contributed by atoms with van der Waals surface area (Å²) in [7, 11) is 0. The summed E-state index contributed by atoms with van der Waals surface area (Å²) in [6.07, 6.45) is 1.15. The molecule has 0 aliphatic rings. The fourth-order valence-corrected chi connectivity index (χ4v) is 3.82. The number of benzene rings is 2. The Morgan fingerprint density at radius 1 is 1.16 bits per heavy atom. The van der Waals surface area contributed by atoms with E-state index in [1.54, 1.807) is 6.07 Å². The topological polar surface area (TPSA) is 113 Å². The van der Waals surface area contributed by atoms with Gasteiger partial charge in [0.1, 0.15) is 5.69 Å². The highest BCUT2D eigenvalue weighted by Crippen LogP contribution is 2.36. The van der Waals surface area contributed by atoms with Gasteiger partial charge in [-0.25, -0.2) is 0 Å². The zero-order valence-corrected chi connectivity index (χ0v) is 18.5. The maximum atomic E-state index is 12.2. The van der Waals surface area contributed by atoms with Gasteiger partial charge in [0.25, 0.3) is 5.69 Å². The Morgan fingerprint density at radius 2 is 1.94 bits per heavy atom. The first-order valence-corrected chi connectivity index (χ1v) is 10.9. The number of carbonyl (C=O) groups excluding carboxylic acids is 1. The predicted molar refractivity (Wildman–Crippen MR) is 124 cm³/mol. The maximum absolute atomic E-state index is 12.2. The third-order valence-corrected chi connectivity index (χ3v) is 5.52. The quantitative estimate of drug-likeness (QED) is 0.242. The number of hydrogen-bond acceptors (Lipinski definition) is 8. The lowest BCUT2D eigenvalue weighted by molar-refractivity contribution is -0.384. The maximum Gasteiger partial charge on any atom is 0.270 e. The van der Waals surface area contributed by atoms with Gasteiger partial charge < -0.3 is 10.2 Å². The van der Waals surface area contributed by atoms with Crippen LogP contribution in [0.15, 0.2) is 46.6 Å². The minimum absolute atomic E-state index is 0.0276. The Bertz CT molecular complexity index is 1120. The van der Waals surface area contributed by atoms with Crippen molar-refractivity contribution in [2.75, 3.05) is 23.3 Å². The van der Waals surface area contributed by atoms with Crippen LogP contribution in [0.25, 0.3) is 10.9 Å². The number of amides is 1. The third-order valence-electron chi connectivity index (χ3n) is 4.76. The van der Waals surface area contributed by atoms with Crippen LogP contribution in [-0.2, 0) is 4.79 Å². The van der Waals surface area contributed by atoms with Crippen LogP contribution in [0, 0.1) is 10.1 Å². The molecule has 1 amide bonds. The van der Waals surface area contributed by atoms with Gasteiger partial charge >= 0.3 is 0 Å². The number of nitro benzene ring substituents is 1. The van der Waals surface area contributed by atoms with Crippen LogP contribution < -0.4 is 10.2 Å². The summed E-state index contributed by atoms with van der Waals surface area (Å²) in [5, 5.41) is 23.7. The molecule has 0 unspecified atom stereocenters. The molecule has 31 heavy (non-hydrogen) atoms. The highest BCUT2D eigenvalue weighted by atomic mass is 32.1. The first-order valence-electron chi connectivity index (χ1n) is 10.1. The van der Waals surface area contributed by atoms with Gasteiger partial charge in [0, 0.05) is 42.7 Å². The Labute approximate surface area is 184 Å². The van der Waals surface area contributed by atoms with E-state index in [9.17, 15) is 14.9 Å². The molecule has 0 bridgehead atoms. The molecule has 0 spiro atoms. The lowest BCUT2D eigenvalue weighted by Gasteiger charge is -2.22. The molecule has 9 nitrogen and oxygen atoms in total. The fourth-order valence-electron chi connectivity index (χ4n) is 3.14. The molecule has 162 valence electrons. The molecule has 0 atom stereocenters. The Kier molecular flexibility index (Phi) is 7.24. The van der Waals surface area contributed by atoms with E-state index in [2.05, 4.69) is 38.7 Å². The van der Waals surface area contributed by atoms with Crippen LogP contribution in [0.2, 0.25) is 0 Å². The second-order valence-electron chi connectivity index (χ2n) is 6.82. The van der Waals surface area contributed by atoms with E-state index in [1.165, 1.54) is 12.1 Å². The van der Waals surface area contributed by atoms with Gasteiger partial charge in [0.15, 0.2) is 5.00 Å². The molecule has 0 radical (unpaired) electrons. The summed E-state index contributed by atoms with van der Waals surface area (Å²) in [5.41, 5.74) is 2.66. The van der Waals surface area contributed by atoms with Crippen molar-refractivity contribution >= 4 is 56.1 Å². The molecule has 0 saturated carbocycles. The monoisotopic (exact) mass is 440 g/mol. The summed E-state index contributed by atoms with van der Waals surface area (Å²) < 4.78 is 4.27. The number of azo groups is 1. The summed E-state index contributed by atoms with van der Waals surface area (Å²) in [6, 6.07) is 10.1. The summed E-state index contributed by atoms with van der Waals surface area (Å²) in [5.74, 6) is -0.0884. The Balaban J connectivity index is 1.98. The highest BCUT2D eigenvalue weighted by molar-refractivity contribution is 7.11. The molecule has 0 saturated heterocycles. The van der Waals surface area contributed by atoms with Gasteiger partial charge in [-0.15, -0.1) is 10.2 Å². The Morgan fingerprint density at radius 3 is 2.61 bits per heavy atom. The molecule has 2 aromatic carbocycles. The van der Waals surface area contributed by atoms with Crippen molar-refractivity contribution in [2.45, 2.75) is 33.6 Å². The van der Waals surface area contributed by atoms with Gasteiger partial charge in [-0.3, -0.25) is 14.9 Å². The van der Waals surface area contributed by atoms with E-state index in [1.807, 2.05) is 25.1 Å². The minimum atomic E-state index is -0.453. The number of nitro groups is 1. The number of rotatable bonds is 9. The van der Waals surface area contributed by atoms with Crippen molar-refractivity contribution in [2.24, 2.45) is 10.2 Å². The molecule has 1 heterocycles. The van der Waals surface area contributed by atoms with E-state index in [0.717, 1.165) is 36.7 Å². The molecular weight excluding hydrogens is 416 g/mol. The lowest BCUT2D eigenvalue weighted by atomic mass is 10.2. The largest absolute Gasteiger partial charge is 0.372 e. The molecule has 3 aromatic rings. The molecular formula is C21H24N6O3S.